The normalized spacial score (nSPS) is 10.3. The molecule has 0 radical (unpaired) electrons. The van der Waals surface area contributed by atoms with Crippen molar-refractivity contribution in [2.75, 3.05) is 11.1 Å². The second-order valence-corrected chi connectivity index (χ2v) is 5.88. The highest BCUT2D eigenvalue weighted by Gasteiger charge is 2.11. The Morgan fingerprint density at radius 2 is 1.91 bits per heavy atom. The highest BCUT2D eigenvalue weighted by molar-refractivity contribution is 8.00. The summed E-state index contributed by atoms with van der Waals surface area (Å²) in [6.07, 6.45) is 0. The van der Waals surface area contributed by atoms with E-state index in [0.29, 0.717) is 5.69 Å². The van der Waals surface area contributed by atoms with Crippen molar-refractivity contribution < 1.29 is 9.72 Å². The molecular formula is C16H16N2O3S. The first kappa shape index (κ1) is 16.0. The van der Waals surface area contributed by atoms with E-state index in [2.05, 4.69) is 5.32 Å². The minimum atomic E-state index is -0.475. The summed E-state index contributed by atoms with van der Waals surface area (Å²) in [5.41, 5.74) is 2.35. The molecule has 0 spiro atoms. The molecular weight excluding hydrogens is 300 g/mol. The molecule has 0 atom stereocenters. The molecule has 0 saturated carbocycles. The van der Waals surface area contributed by atoms with Crippen molar-refractivity contribution >= 4 is 29.0 Å². The maximum Gasteiger partial charge on any atom is 0.271 e. The predicted molar refractivity (Wildman–Crippen MR) is 88.4 cm³/mol. The number of hydrogen-bond donors (Lipinski definition) is 1. The Balaban J connectivity index is 2.02. The van der Waals surface area contributed by atoms with Crippen LogP contribution >= 0.6 is 11.8 Å². The van der Waals surface area contributed by atoms with Crippen LogP contribution in [0.5, 0.6) is 0 Å². The predicted octanol–water partition coefficient (Wildman–Crippen LogP) is 3.94. The van der Waals surface area contributed by atoms with Gasteiger partial charge < -0.3 is 5.32 Å². The topological polar surface area (TPSA) is 72.2 Å². The van der Waals surface area contributed by atoms with Gasteiger partial charge in [0.1, 0.15) is 0 Å². The van der Waals surface area contributed by atoms with E-state index < -0.39 is 4.92 Å². The minimum Gasteiger partial charge on any atom is -0.325 e. The molecule has 0 aliphatic carbocycles. The first-order valence-corrected chi connectivity index (χ1v) is 7.69. The highest BCUT2D eigenvalue weighted by atomic mass is 32.2. The fourth-order valence-corrected chi connectivity index (χ4v) is 2.74. The van der Waals surface area contributed by atoms with Gasteiger partial charge in [-0.15, -0.1) is 11.8 Å². The molecule has 0 aromatic heterocycles. The molecule has 1 amide bonds. The number of rotatable bonds is 5. The molecule has 5 nitrogen and oxygen atoms in total. The van der Waals surface area contributed by atoms with Crippen molar-refractivity contribution in [1.29, 1.82) is 0 Å². The van der Waals surface area contributed by atoms with E-state index in [1.54, 1.807) is 13.0 Å². The van der Waals surface area contributed by atoms with E-state index in [0.717, 1.165) is 16.0 Å². The van der Waals surface area contributed by atoms with Gasteiger partial charge in [0.05, 0.1) is 16.4 Å². The first-order valence-electron chi connectivity index (χ1n) is 6.70. The quantitative estimate of drug-likeness (QED) is 0.515. The Hall–Kier alpha value is -2.34. The standard InChI is InChI=1S/C16H16N2O3S/c1-11-7-8-13(18(20)21)9-14(11)17-16(19)10-22-15-6-4-3-5-12(15)2/h3-9H,10H2,1-2H3,(H,17,19). The van der Waals surface area contributed by atoms with Gasteiger partial charge >= 0.3 is 0 Å². The van der Waals surface area contributed by atoms with Crippen LogP contribution in [0.15, 0.2) is 47.4 Å². The lowest BCUT2D eigenvalue weighted by Crippen LogP contribution is -2.15. The number of aryl methyl sites for hydroxylation is 2. The maximum absolute atomic E-state index is 12.0. The van der Waals surface area contributed by atoms with E-state index in [1.807, 2.05) is 31.2 Å². The van der Waals surface area contributed by atoms with Crippen LogP contribution < -0.4 is 5.32 Å². The van der Waals surface area contributed by atoms with E-state index in [4.69, 9.17) is 0 Å². The van der Waals surface area contributed by atoms with E-state index in [9.17, 15) is 14.9 Å². The molecule has 2 aromatic rings. The Labute approximate surface area is 132 Å². The monoisotopic (exact) mass is 316 g/mol. The van der Waals surface area contributed by atoms with Gasteiger partial charge in [-0.1, -0.05) is 24.3 Å². The molecule has 6 heteroatoms. The van der Waals surface area contributed by atoms with Crippen LogP contribution in [0.2, 0.25) is 0 Å². The number of benzene rings is 2. The van der Waals surface area contributed by atoms with Crippen LogP contribution in [0.3, 0.4) is 0 Å². The first-order chi connectivity index (χ1) is 10.5. The number of non-ortho nitro benzene ring substituents is 1. The van der Waals surface area contributed by atoms with Crippen molar-refractivity contribution in [3.05, 3.63) is 63.7 Å². The van der Waals surface area contributed by atoms with Crippen molar-refractivity contribution in [1.82, 2.24) is 0 Å². The van der Waals surface area contributed by atoms with Crippen molar-refractivity contribution in [2.45, 2.75) is 18.7 Å². The number of thioether (sulfide) groups is 1. The van der Waals surface area contributed by atoms with E-state index in [-0.39, 0.29) is 17.3 Å². The molecule has 2 aromatic carbocycles. The third-order valence-electron chi connectivity index (χ3n) is 3.16. The molecule has 0 fully saturated rings. The number of carbonyl (C=O) groups is 1. The molecule has 114 valence electrons. The van der Waals surface area contributed by atoms with Gasteiger partial charge in [0.2, 0.25) is 5.91 Å². The number of amides is 1. The molecule has 0 aliphatic heterocycles. The third-order valence-corrected chi connectivity index (χ3v) is 4.33. The number of nitrogens with one attached hydrogen (secondary N) is 1. The van der Waals surface area contributed by atoms with Crippen LogP contribution in [0.25, 0.3) is 0 Å². The minimum absolute atomic E-state index is 0.0348. The second-order valence-electron chi connectivity index (χ2n) is 4.86. The largest absolute Gasteiger partial charge is 0.325 e. The zero-order valence-corrected chi connectivity index (χ0v) is 13.1. The summed E-state index contributed by atoms with van der Waals surface area (Å²) in [5, 5.41) is 13.5. The Morgan fingerprint density at radius 3 is 2.59 bits per heavy atom. The van der Waals surface area contributed by atoms with Crippen LogP contribution in [0.4, 0.5) is 11.4 Å². The summed E-state index contributed by atoms with van der Waals surface area (Å²) in [6, 6.07) is 12.3. The molecule has 0 heterocycles. The van der Waals surface area contributed by atoms with Gasteiger partial charge in [-0.05, 0) is 31.0 Å². The molecule has 0 bridgehead atoms. The Bertz CT molecular complexity index is 716. The Morgan fingerprint density at radius 1 is 1.18 bits per heavy atom. The lowest BCUT2D eigenvalue weighted by molar-refractivity contribution is -0.384. The van der Waals surface area contributed by atoms with Crippen molar-refractivity contribution in [2.24, 2.45) is 0 Å². The summed E-state index contributed by atoms with van der Waals surface area (Å²) < 4.78 is 0. The van der Waals surface area contributed by atoms with Gasteiger partial charge in [0.25, 0.3) is 5.69 Å². The van der Waals surface area contributed by atoms with E-state index >= 15 is 0 Å². The number of carbonyl (C=O) groups excluding carboxylic acids is 1. The zero-order valence-electron chi connectivity index (χ0n) is 12.3. The van der Waals surface area contributed by atoms with Gasteiger partial charge in [-0.25, -0.2) is 0 Å². The zero-order chi connectivity index (χ0) is 16.1. The molecule has 0 saturated heterocycles. The van der Waals surface area contributed by atoms with Gasteiger partial charge in [-0.3, -0.25) is 14.9 Å². The SMILES string of the molecule is Cc1ccc([N+](=O)[O-])cc1NC(=O)CSc1ccccc1C. The lowest BCUT2D eigenvalue weighted by Gasteiger charge is -2.09. The van der Waals surface area contributed by atoms with E-state index in [1.165, 1.54) is 23.9 Å². The number of nitrogens with zero attached hydrogens (tertiary/aromatic N) is 1. The fraction of sp³-hybridized carbons (Fsp3) is 0.188. The maximum atomic E-state index is 12.0. The number of hydrogen-bond acceptors (Lipinski definition) is 4. The highest BCUT2D eigenvalue weighted by Crippen LogP contribution is 2.24. The third kappa shape index (κ3) is 4.08. The smallest absolute Gasteiger partial charge is 0.271 e. The summed E-state index contributed by atoms with van der Waals surface area (Å²) in [4.78, 5) is 23.4. The molecule has 0 unspecified atom stereocenters. The van der Waals surface area contributed by atoms with Crippen LogP contribution in [0.1, 0.15) is 11.1 Å². The van der Waals surface area contributed by atoms with Crippen LogP contribution in [-0.2, 0) is 4.79 Å². The lowest BCUT2D eigenvalue weighted by atomic mass is 10.2. The van der Waals surface area contributed by atoms with Gasteiger partial charge in [-0.2, -0.15) is 0 Å². The van der Waals surface area contributed by atoms with Crippen LogP contribution in [-0.4, -0.2) is 16.6 Å². The van der Waals surface area contributed by atoms with Gasteiger partial charge in [0, 0.05) is 17.0 Å². The fourth-order valence-electron chi connectivity index (χ4n) is 1.91. The number of nitro groups is 1. The summed E-state index contributed by atoms with van der Waals surface area (Å²) >= 11 is 1.44. The summed E-state index contributed by atoms with van der Waals surface area (Å²) in [7, 11) is 0. The van der Waals surface area contributed by atoms with Gasteiger partial charge in [0.15, 0.2) is 0 Å². The van der Waals surface area contributed by atoms with Crippen molar-refractivity contribution in [3.8, 4) is 0 Å². The molecule has 22 heavy (non-hydrogen) atoms. The summed E-state index contributed by atoms with van der Waals surface area (Å²) in [6.45, 7) is 3.79. The second kappa shape index (κ2) is 7.09. The molecule has 1 N–H and O–H groups in total. The number of anilines is 1. The molecule has 2 rings (SSSR count). The average molecular weight is 316 g/mol. The molecule has 0 aliphatic rings. The average Bonchev–Trinajstić information content (AvgIpc) is 2.48. The number of nitro benzene ring substituents is 1. The summed E-state index contributed by atoms with van der Waals surface area (Å²) in [5.74, 6) is 0.0735. The van der Waals surface area contributed by atoms with Crippen LogP contribution in [0, 0.1) is 24.0 Å². The van der Waals surface area contributed by atoms with Crippen molar-refractivity contribution in [3.63, 3.8) is 0 Å². The Kier molecular flexibility index (Phi) is 5.16.